The number of ether oxygens (including phenoxy) is 1. The molecule has 0 radical (unpaired) electrons. The Balaban J connectivity index is 1.79. The molecule has 0 aliphatic heterocycles. The van der Waals surface area contributed by atoms with Crippen molar-refractivity contribution in [1.29, 1.82) is 0 Å². The molecule has 22 heavy (non-hydrogen) atoms. The molecule has 0 atom stereocenters. The number of esters is 1. The van der Waals surface area contributed by atoms with E-state index in [0.717, 1.165) is 5.39 Å². The number of nitrogen functional groups attached to an aromatic ring is 2. The van der Waals surface area contributed by atoms with Crippen LogP contribution in [0, 0.1) is 0 Å². The number of fused-ring (bicyclic) bond motifs is 1. The summed E-state index contributed by atoms with van der Waals surface area (Å²) in [5.74, 6) is 0.118. The highest BCUT2D eigenvalue weighted by Gasteiger charge is 2.12. The van der Waals surface area contributed by atoms with Crippen molar-refractivity contribution >= 4 is 28.4 Å². The van der Waals surface area contributed by atoms with Gasteiger partial charge in [0, 0.05) is 11.6 Å². The number of hydrogen-bond donors (Lipinski definition) is 2. The minimum Gasteiger partial charge on any atom is -0.454 e. The van der Waals surface area contributed by atoms with Crippen molar-refractivity contribution in [3.8, 4) is 0 Å². The molecule has 0 amide bonds. The number of pyridine rings is 1. The standard InChI is InChI=1S/C15H13N5O2/c16-11-7-18-6-5-9(11)15(21)22-8-13-19-12-4-2-1-3-10(12)14(17)20-13/h1-7H,8,16H2,(H2,17,19,20). The summed E-state index contributed by atoms with van der Waals surface area (Å²) in [4.78, 5) is 24.2. The average molecular weight is 295 g/mol. The number of hydrogen-bond acceptors (Lipinski definition) is 7. The van der Waals surface area contributed by atoms with E-state index in [-0.39, 0.29) is 17.9 Å². The van der Waals surface area contributed by atoms with Gasteiger partial charge in [0.2, 0.25) is 0 Å². The molecular formula is C15H13N5O2. The van der Waals surface area contributed by atoms with Gasteiger partial charge in [-0.05, 0) is 18.2 Å². The number of benzene rings is 1. The van der Waals surface area contributed by atoms with Gasteiger partial charge in [-0.3, -0.25) is 4.98 Å². The van der Waals surface area contributed by atoms with Crippen LogP contribution in [0.5, 0.6) is 0 Å². The van der Waals surface area contributed by atoms with Gasteiger partial charge in [0.15, 0.2) is 12.4 Å². The highest BCUT2D eigenvalue weighted by Crippen LogP contribution is 2.18. The van der Waals surface area contributed by atoms with Crippen LogP contribution in [-0.4, -0.2) is 20.9 Å². The van der Waals surface area contributed by atoms with E-state index in [4.69, 9.17) is 16.2 Å². The number of nitrogens with two attached hydrogens (primary N) is 2. The summed E-state index contributed by atoms with van der Waals surface area (Å²) in [5.41, 5.74) is 12.8. The third-order valence-corrected chi connectivity index (χ3v) is 3.08. The largest absolute Gasteiger partial charge is 0.454 e. The van der Waals surface area contributed by atoms with E-state index in [2.05, 4.69) is 15.0 Å². The van der Waals surface area contributed by atoms with Gasteiger partial charge in [0.1, 0.15) is 5.82 Å². The first kappa shape index (κ1) is 13.7. The maximum atomic E-state index is 12.0. The summed E-state index contributed by atoms with van der Waals surface area (Å²) in [5, 5.41) is 0.760. The fourth-order valence-corrected chi connectivity index (χ4v) is 2.02. The quantitative estimate of drug-likeness (QED) is 0.704. The normalized spacial score (nSPS) is 10.5. The lowest BCUT2D eigenvalue weighted by molar-refractivity contribution is 0.0464. The van der Waals surface area contributed by atoms with E-state index in [1.807, 2.05) is 24.3 Å². The predicted octanol–water partition coefficient (Wildman–Crippen LogP) is 1.55. The first-order valence-electron chi connectivity index (χ1n) is 6.53. The van der Waals surface area contributed by atoms with Crippen molar-refractivity contribution in [3.05, 3.63) is 54.1 Å². The van der Waals surface area contributed by atoms with E-state index >= 15 is 0 Å². The predicted molar refractivity (Wildman–Crippen MR) is 81.7 cm³/mol. The molecule has 0 aliphatic carbocycles. The SMILES string of the molecule is Nc1cnccc1C(=O)OCc1nc(N)c2ccccc2n1. The van der Waals surface area contributed by atoms with Crippen molar-refractivity contribution in [1.82, 2.24) is 15.0 Å². The Morgan fingerprint density at radius 1 is 1.14 bits per heavy atom. The van der Waals surface area contributed by atoms with Crippen molar-refractivity contribution in [2.45, 2.75) is 6.61 Å². The zero-order valence-corrected chi connectivity index (χ0v) is 11.6. The number of carbonyl (C=O) groups excluding carboxylic acids is 1. The first-order chi connectivity index (χ1) is 10.6. The van der Waals surface area contributed by atoms with E-state index in [1.165, 1.54) is 18.5 Å². The molecule has 110 valence electrons. The third kappa shape index (κ3) is 2.64. The lowest BCUT2D eigenvalue weighted by Crippen LogP contribution is -2.10. The summed E-state index contributed by atoms with van der Waals surface area (Å²) in [6, 6.07) is 8.85. The molecule has 7 nitrogen and oxygen atoms in total. The van der Waals surface area contributed by atoms with Crippen LogP contribution >= 0.6 is 0 Å². The number of nitrogens with zero attached hydrogens (tertiary/aromatic N) is 3. The molecule has 0 saturated carbocycles. The Kier molecular flexibility index (Phi) is 3.53. The molecule has 2 aromatic heterocycles. The number of aromatic nitrogens is 3. The second kappa shape index (κ2) is 5.65. The zero-order valence-electron chi connectivity index (χ0n) is 11.6. The summed E-state index contributed by atoms with van der Waals surface area (Å²) in [6.07, 6.45) is 2.86. The van der Waals surface area contributed by atoms with Gasteiger partial charge in [-0.1, -0.05) is 12.1 Å². The second-order valence-corrected chi connectivity index (χ2v) is 4.58. The topological polar surface area (TPSA) is 117 Å². The highest BCUT2D eigenvalue weighted by atomic mass is 16.5. The zero-order chi connectivity index (χ0) is 15.5. The van der Waals surface area contributed by atoms with E-state index in [9.17, 15) is 4.79 Å². The Morgan fingerprint density at radius 3 is 2.77 bits per heavy atom. The second-order valence-electron chi connectivity index (χ2n) is 4.58. The molecule has 0 saturated heterocycles. The van der Waals surface area contributed by atoms with E-state index in [1.54, 1.807) is 0 Å². The van der Waals surface area contributed by atoms with Crippen LogP contribution < -0.4 is 11.5 Å². The van der Waals surface area contributed by atoms with Crippen molar-refractivity contribution in [3.63, 3.8) is 0 Å². The van der Waals surface area contributed by atoms with Crippen LogP contribution in [0.2, 0.25) is 0 Å². The van der Waals surface area contributed by atoms with Gasteiger partial charge in [-0.25, -0.2) is 14.8 Å². The first-order valence-corrected chi connectivity index (χ1v) is 6.53. The molecule has 4 N–H and O–H groups in total. The van der Waals surface area contributed by atoms with Crippen LogP contribution in [0.15, 0.2) is 42.7 Å². The van der Waals surface area contributed by atoms with E-state index in [0.29, 0.717) is 17.2 Å². The van der Waals surface area contributed by atoms with Crippen LogP contribution in [0.4, 0.5) is 11.5 Å². The molecule has 3 rings (SSSR count). The van der Waals surface area contributed by atoms with Crippen molar-refractivity contribution in [2.24, 2.45) is 0 Å². The fourth-order valence-electron chi connectivity index (χ4n) is 2.02. The molecule has 0 unspecified atom stereocenters. The molecule has 0 bridgehead atoms. The van der Waals surface area contributed by atoms with Gasteiger partial charge >= 0.3 is 5.97 Å². The number of carbonyl (C=O) groups is 1. The molecule has 2 heterocycles. The van der Waals surface area contributed by atoms with E-state index < -0.39 is 5.97 Å². The van der Waals surface area contributed by atoms with Gasteiger partial charge < -0.3 is 16.2 Å². The molecule has 7 heteroatoms. The lowest BCUT2D eigenvalue weighted by Gasteiger charge is -2.07. The molecule has 0 aliphatic rings. The van der Waals surface area contributed by atoms with Gasteiger partial charge in [0.05, 0.1) is 23.0 Å². The average Bonchev–Trinajstić information content (AvgIpc) is 2.53. The van der Waals surface area contributed by atoms with Gasteiger partial charge in [-0.15, -0.1) is 0 Å². The number of anilines is 2. The highest BCUT2D eigenvalue weighted by molar-refractivity contribution is 5.94. The molecular weight excluding hydrogens is 282 g/mol. The Hall–Kier alpha value is -3.22. The van der Waals surface area contributed by atoms with Crippen LogP contribution in [0.1, 0.15) is 16.2 Å². The molecule has 1 aromatic carbocycles. The van der Waals surface area contributed by atoms with Crippen LogP contribution in [-0.2, 0) is 11.3 Å². The lowest BCUT2D eigenvalue weighted by atomic mass is 10.2. The maximum Gasteiger partial charge on any atom is 0.340 e. The Bertz CT molecular complexity index is 850. The van der Waals surface area contributed by atoms with Gasteiger partial charge in [0.25, 0.3) is 0 Å². The molecule has 0 fully saturated rings. The fraction of sp³-hybridized carbons (Fsp3) is 0.0667. The Morgan fingerprint density at radius 2 is 1.95 bits per heavy atom. The summed E-state index contributed by atoms with van der Waals surface area (Å²) >= 11 is 0. The summed E-state index contributed by atoms with van der Waals surface area (Å²) < 4.78 is 5.17. The van der Waals surface area contributed by atoms with Crippen molar-refractivity contribution < 1.29 is 9.53 Å². The number of rotatable bonds is 3. The molecule has 0 spiro atoms. The van der Waals surface area contributed by atoms with Crippen molar-refractivity contribution in [2.75, 3.05) is 11.5 Å². The van der Waals surface area contributed by atoms with Gasteiger partial charge in [-0.2, -0.15) is 0 Å². The minimum atomic E-state index is -0.560. The summed E-state index contributed by atoms with van der Waals surface area (Å²) in [6.45, 7) is -0.0877. The maximum absolute atomic E-state index is 12.0. The monoisotopic (exact) mass is 295 g/mol. The minimum absolute atomic E-state index is 0.0877. The van der Waals surface area contributed by atoms with Crippen LogP contribution in [0.3, 0.4) is 0 Å². The number of para-hydroxylation sites is 1. The molecule has 3 aromatic rings. The van der Waals surface area contributed by atoms with Crippen LogP contribution in [0.25, 0.3) is 10.9 Å². The summed E-state index contributed by atoms with van der Waals surface area (Å²) in [7, 11) is 0. The smallest absolute Gasteiger partial charge is 0.340 e. The third-order valence-electron chi connectivity index (χ3n) is 3.08. The Labute approximate surface area is 126 Å².